The first-order valence-corrected chi connectivity index (χ1v) is 8.44. The van der Waals surface area contributed by atoms with E-state index in [1.807, 2.05) is 18.2 Å². The number of urea groups is 1. The molecule has 3 aromatic rings. The van der Waals surface area contributed by atoms with Crippen LogP contribution in [0.2, 0.25) is 0 Å². The maximum absolute atomic E-state index is 12.1. The Morgan fingerprint density at radius 1 is 1.19 bits per heavy atom. The van der Waals surface area contributed by atoms with E-state index in [1.165, 1.54) is 0 Å². The van der Waals surface area contributed by atoms with Crippen molar-refractivity contribution in [3.05, 3.63) is 72.2 Å². The molecule has 1 atom stereocenters. The maximum atomic E-state index is 12.1. The molecule has 0 radical (unpaired) electrons. The quantitative estimate of drug-likeness (QED) is 0.594. The Bertz CT molecular complexity index is 865. The Morgan fingerprint density at radius 2 is 2.00 bits per heavy atom. The highest BCUT2D eigenvalue weighted by atomic mass is 16.5. The summed E-state index contributed by atoms with van der Waals surface area (Å²) in [6.07, 6.45) is 2.49. The predicted molar refractivity (Wildman–Crippen MR) is 101 cm³/mol. The SMILES string of the molecule is COc1ccc([C@H](O)CNC(=O)Nc2ccnn2Cc2ccccn2)cc1. The minimum atomic E-state index is -0.819. The molecule has 27 heavy (non-hydrogen) atoms. The van der Waals surface area contributed by atoms with Gasteiger partial charge in [0.05, 0.1) is 31.6 Å². The first-order chi connectivity index (χ1) is 13.2. The van der Waals surface area contributed by atoms with E-state index >= 15 is 0 Å². The van der Waals surface area contributed by atoms with Crippen molar-refractivity contribution in [1.29, 1.82) is 0 Å². The number of pyridine rings is 1. The van der Waals surface area contributed by atoms with Crippen LogP contribution >= 0.6 is 0 Å². The third kappa shape index (κ3) is 5.05. The molecule has 0 spiro atoms. The molecular formula is C19H21N5O3. The van der Waals surface area contributed by atoms with Crippen molar-refractivity contribution in [2.24, 2.45) is 0 Å². The van der Waals surface area contributed by atoms with E-state index in [1.54, 1.807) is 54.5 Å². The lowest BCUT2D eigenvalue weighted by molar-refractivity contribution is 0.175. The lowest BCUT2D eigenvalue weighted by Gasteiger charge is -2.14. The van der Waals surface area contributed by atoms with Gasteiger partial charge in [-0.15, -0.1) is 0 Å². The van der Waals surface area contributed by atoms with E-state index in [4.69, 9.17) is 4.74 Å². The van der Waals surface area contributed by atoms with E-state index in [9.17, 15) is 9.90 Å². The lowest BCUT2D eigenvalue weighted by Crippen LogP contribution is -2.33. The molecule has 0 saturated carbocycles. The number of aromatic nitrogens is 3. The van der Waals surface area contributed by atoms with Crippen LogP contribution in [0.4, 0.5) is 10.6 Å². The van der Waals surface area contributed by atoms with Crippen molar-refractivity contribution in [1.82, 2.24) is 20.1 Å². The Labute approximate surface area is 156 Å². The summed E-state index contributed by atoms with van der Waals surface area (Å²) < 4.78 is 6.73. The van der Waals surface area contributed by atoms with Gasteiger partial charge < -0.3 is 15.2 Å². The fourth-order valence-corrected chi connectivity index (χ4v) is 2.50. The topological polar surface area (TPSA) is 101 Å². The van der Waals surface area contributed by atoms with E-state index in [0.29, 0.717) is 23.7 Å². The average Bonchev–Trinajstić information content (AvgIpc) is 3.13. The number of nitrogens with zero attached hydrogens (tertiary/aromatic N) is 3. The van der Waals surface area contributed by atoms with Crippen LogP contribution in [0.5, 0.6) is 5.75 Å². The Hall–Kier alpha value is -3.39. The zero-order valence-electron chi connectivity index (χ0n) is 14.9. The molecule has 0 unspecified atom stereocenters. The highest BCUT2D eigenvalue weighted by Gasteiger charge is 2.12. The van der Waals surface area contributed by atoms with Gasteiger partial charge in [0.2, 0.25) is 0 Å². The number of ether oxygens (including phenoxy) is 1. The molecule has 2 aromatic heterocycles. The molecule has 0 fully saturated rings. The van der Waals surface area contributed by atoms with E-state index in [-0.39, 0.29) is 6.54 Å². The Kier molecular flexibility index (Phi) is 6.01. The summed E-state index contributed by atoms with van der Waals surface area (Å²) in [5.41, 5.74) is 1.52. The van der Waals surface area contributed by atoms with E-state index in [0.717, 1.165) is 5.69 Å². The summed E-state index contributed by atoms with van der Waals surface area (Å²) in [6.45, 7) is 0.518. The number of benzene rings is 1. The number of amides is 2. The Balaban J connectivity index is 1.53. The number of rotatable bonds is 7. The van der Waals surface area contributed by atoms with Crippen molar-refractivity contribution < 1.29 is 14.6 Å². The summed E-state index contributed by atoms with van der Waals surface area (Å²) in [7, 11) is 1.58. The van der Waals surface area contributed by atoms with Gasteiger partial charge in [-0.25, -0.2) is 9.48 Å². The van der Waals surface area contributed by atoms with Gasteiger partial charge in [-0.05, 0) is 29.8 Å². The molecule has 3 N–H and O–H groups in total. The third-order valence-corrected chi connectivity index (χ3v) is 3.95. The van der Waals surface area contributed by atoms with Gasteiger partial charge in [-0.3, -0.25) is 10.3 Å². The third-order valence-electron chi connectivity index (χ3n) is 3.95. The molecule has 2 amide bonds. The van der Waals surface area contributed by atoms with Gasteiger partial charge in [0.15, 0.2) is 0 Å². The number of nitrogens with one attached hydrogen (secondary N) is 2. The molecule has 140 valence electrons. The van der Waals surface area contributed by atoms with Gasteiger partial charge in [-0.1, -0.05) is 18.2 Å². The molecule has 0 aliphatic rings. The molecule has 1 aromatic carbocycles. The molecule has 0 aliphatic carbocycles. The number of anilines is 1. The first kappa shape index (κ1) is 18.4. The van der Waals surface area contributed by atoms with Crippen LogP contribution in [0.15, 0.2) is 60.9 Å². The van der Waals surface area contributed by atoms with E-state index in [2.05, 4.69) is 20.7 Å². The molecule has 0 bridgehead atoms. The van der Waals surface area contributed by atoms with Gasteiger partial charge in [0.25, 0.3) is 0 Å². The second kappa shape index (κ2) is 8.81. The zero-order valence-corrected chi connectivity index (χ0v) is 14.9. The summed E-state index contributed by atoms with van der Waals surface area (Å²) in [5, 5.41) is 19.8. The highest BCUT2D eigenvalue weighted by molar-refractivity contribution is 5.88. The normalized spacial score (nSPS) is 11.6. The molecule has 0 aliphatic heterocycles. The number of methoxy groups -OCH3 is 1. The number of hydrogen-bond donors (Lipinski definition) is 3. The van der Waals surface area contributed by atoms with Gasteiger partial charge >= 0.3 is 6.03 Å². The summed E-state index contributed by atoms with van der Waals surface area (Å²) in [4.78, 5) is 16.4. The average molecular weight is 367 g/mol. The summed E-state index contributed by atoms with van der Waals surface area (Å²) in [5.74, 6) is 1.25. The van der Waals surface area contributed by atoms with Crippen molar-refractivity contribution in [2.45, 2.75) is 12.6 Å². The van der Waals surface area contributed by atoms with Crippen LogP contribution in [-0.2, 0) is 6.54 Å². The summed E-state index contributed by atoms with van der Waals surface area (Å²) in [6, 6.07) is 13.9. The fraction of sp³-hybridized carbons (Fsp3) is 0.211. The van der Waals surface area contributed by atoms with E-state index < -0.39 is 12.1 Å². The van der Waals surface area contributed by atoms with Gasteiger partial charge in [0.1, 0.15) is 11.6 Å². The van der Waals surface area contributed by atoms with Crippen molar-refractivity contribution >= 4 is 11.8 Å². The standard InChI is InChI=1S/C19H21N5O3/c1-27-16-7-5-14(6-8-16)17(25)12-21-19(26)23-18-9-11-22-24(18)13-15-4-2-3-10-20-15/h2-11,17,25H,12-13H2,1H3,(H2,21,23,26)/t17-/m1/s1. The second-order valence-electron chi connectivity index (χ2n) is 5.82. The molecular weight excluding hydrogens is 346 g/mol. The predicted octanol–water partition coefficient (Wildman–Crippen LogP) is 2.19. The van der Waals surface area contributed by atoms with Gasteiger partial charge in [-0.2, -0.15) is 5.10 Å². The van der Waals surface area contributed by atoms with Crippen LogP contribution in [0.1, 0.15) is 17.4 Å². The Morgan fingerprint density at radius 3 is 2.70 bits per heavy atom. The van der Waals surface area contributed by atoms with Crippen molar-refractivity contribution in [2.75, 3.05) is 19.0 Å². The van der Waals surface area contributed by atoms with Crippen LogP contribution in [0.3, 0.4) is 0 Å². The minimum Gasteiger partial charge on any atom is -0.497 e. The largest absolute Gasteiger partial charge is 0.497 e. The monoisotopic (exact) mass is 367 g/mol. The van der Waals surface area contributed by atoms with Gasteiger partial charge in [0, 0.05) is 18.8 Å². The highest BCUT2D eigenvalue weighted by Crippen LogP contribution is 2.17. The second-order valence-corrected chi connectivity index (χ2v) is 5.82. The summed E-state index contributed by atoms with van der Waals surface area (Å²) >= 11 is 0. The molecule has 3 rings (SSSR count). The van der Waals surface area contributed by atoms with Crippen molar-refractivity contribution in [3.8, 4) is 5.75 Å². The fourth-order valence-electron chi connectivity index (χ4n) is 2.50. The number of aliphatic hydroxyl groups excluding tert-OH is 1. The maximum Gasteiger partial charge on any atom is 0.320 e. The number of hydrogen-bond acceptors (Lipinski definition) is 5. The van der Waals surface area contributed by atoms with Crippen LogP contribution in [-0.4, -0.2) is 39.6 Å². The smallest absolute Gasteiger partial charge is 0.320 e. The zero-order chi connectivity index (χ0) is 19.1. The first-order valence-electron chi connectivity index (χ1n) is 8.44. The van der Waals surface area contributed by atoms with Crippen LogP contribution in [0.25, 0.3) is 0 Å². The minimum absolute atomic E-state index is 0.0759. The molecule has 8 heteroatoms. The van der Waals surface area contributed by atoms with Crippen molar-refractivity contribution in [3.63, 3.8) is 0 Å². The number of carbonyl (C=O) groups is 1. The molecule has 2 heterocycles. The molecule has 0 saturated heterocycles. The number of aliphatic hydroxyl groups is 1. The molecule has 8 nitrogen and oxygen atoms in total. The van der Waals surface area contributed by atoms with Crippen LogP contribution < -0.4 is 15.4 Å². The lowest BCUT2D eigenvalue weighted by atomic mass is 10.1. The number of carbonyl (C=O) groups excluding carboxylic acids is 1. The van der Waals surface area contributed by atoms with Crippen LogP contribution in [0, 0.1) is 0 Å².